The van der Waals surface area contributed by atoms with Gasteiger partial charge in [0.25, 0.3) is 0 Å². The topological polar surface area (TPSA) is 46.9 Å². The summed E-state index contributed by atoms with van der Waals surface area (Å²) in [5, 5.41) is 22.5. The molecule has 36 heavy (non-hydrogen) atoms. The maximum atomic E-state index is 10.6. The Bertz CT molecular complexity index is 1220. The molecule has 0 radical (unpaired) electrons. The minimum atomic E-state index is 0.0143. The van der Waals surface area contributed by atoms with Gasteiger partial charge in [0, 0.05) is 58.7 Å². The van der Waals surface area contributed by atoms with Gasteiger partial charge in [-0.2, -0.15) is 0 Å². The van der Waals surface area contributed by atoms with Crippen LogP contribution < -0.4 is 9.80 Å². The summed E-state index contributed by atoms with van der Waals surface area (Å²) in [4.78, 5) is 4.28. The lowest BCUT2D eigenvalue weighted by atomic mass is 10.1. The van der Waals surface area contributed by atoms with Crippen molar-refractivity contribution < 1.29 is 10.2 Å². The fraction of sp³-hybridized carbons (Fsp3) is 0.143. The maximum absolute atomic E-state index is 10.6. The lowest BCUT2D eigenvalue weighted by Gasteiger charge is -2.31. The van der Waals surface area contributed by atoms with E-state index in [2.05, 4.69) is 9.80 Å². The first-order valence-corrected chi connectivity index (χ1v) is 12.8. The molecular formula is C28H24Cl4N2O2. The molecule has 4 aromatic carbocycles. The lowest BCUT2D eigenvalue weighted by molar-refractivity contribution is 0.466. The highest BCUT2D eigenvalue weighted by molar-refractivity contribution is 6.36. The fourth-order valence-electron chi connectivity index (χ4n) is 4.01. The van der Waals surface area contributed by atoms with Crippen molar-refractivity contribution in [1.82, 2.24) is 0 Å². The molecule has 0 aliphatic heterocycles. The van der Waals surface area contributed by atoms with Crippen LogP contribution in [0.2, 0.25) is 20.1 Å². The molecule has 0 amide bonds. The third-order valence-corrected chi connectivity index (χ3v) is 6.83. The zero-order valence-corrected chi connectivity index (χ0v) is 22.2. The van der Waals surface area contributed by atoms with Gasteiger partial charge in [-0.25, -0.2) is 0 Å². The van der Waals surface area contributed by atoms with Crippen LogP contribution in [-0.2, 0) is 13.1 Å². The van der Waals surface area contributed by atoms with Crippen molar-refractivity contribution >= 4 is 57.8 Å². The number of para-hydroxylation sites is 2. The highest BCUT2D eigenvalue weighted by atomic mass is 35.5. The molecule has 0 bridgehead atoms. The number of phenolic OH excluding ortho intramolecular Hbond substituents is 2. The molecule has 0 unspecified atom stereocenters. The van der Waals surface area contributed by atoms with Crippen LogP contribution in [0, 0.1) is 0 Å². The number of phenols is 2. The van der Waals surface area contributed by atoms with Crippen molar-refractivity contribution in [2.75, 3.05) is 22.9 Å². The summed E-state index contributed by atoms with van der Waals surface area (Å²) in [6, 6.07) is 26.3. The zero-order chi connectivity index (χ0) is 25.7. The minimum absolute atomic E-state index is 0.0143. The number of halogens is 4. The normalized spacial score (nSPS) is 10.9. The molecule has 0 spiro atoms. The van der Waals surface area contributed by atoms with E-state index in [0.717, 1.165) is 11.4 Å². The van der Waals surface area contributed by atoms with Crippen molar-refractivity contribution in [1.29, 1.82) is 0 Å². The summed E-state index contributed by atoms with van der Waals surface area (Å²) in [6.07, 6.45) is 0. The number of nitrogens with zero attached hydrogens (tertiary/aromatic N) is 2. The highest BCUT2D eigenvalue weighted by Crippen LogP contribution is 2.34. The minimum Gasteiger partial charge on any atom is -0.506 e. The van der Waals surface area contributed by atoms with E-state index < -0.39 is 0 Å². The lowest BCUT2D eigenvalue weighted by Crippen LogP contribution is -2.35. The summed E-state index contributed by atoms with van der Waals surface area (Å²) < 4.78 is 0. The van der Waals surface area contributed by atoms with Gasteiger partial charge < -0.3 is 20.0 Å². The second-order valence-electron chi connectivity index (χ2n) is 8.30. The first kappa shape index (κ1) is 26.3. The Hall–Kier alpha value is -2.76. The second kappa shape index (κ2) is 12.0. The quantitative estimate of drug-likeness (QED) is 0.215. The van der Waals surface area contributed by atoms with Gasteiger partial charge in [0.15, 0.2) is 0 Å². The smallest absolute Gasteiger partial charge is 0.139 e. The molecule has 0 saturated heterocycles. The molecule has 4 rings (SSSR count). The number of benzene rings is 4. The summed E-state index contributed by atoms with van der Waals surface area (Å²) in [6.45, 7) is 1.98. The van der Waals surface area contributed by atoms with Gasteiger partial charge in [0.1, 0.15) is 11.5 Å². The van der Waals surface area contributed by atoms with Crippen LogP contribution in [0.15, 0.2) is 84.9 Å². The number of hydrogen-bond acceptors (Lipinski definition) is 4. The van der Waals surface area contributed by atoms with Crippen LogP contribution >= 0.6 is 46.4 Å². The van der Waals surface area contributed by atoms with Crippen LogP contribution in [0.4, 0.5) is 11.4 Å². The molecule has 2 N–H and O–H groups in total. The van der Waals surface area contributed by atoms with Gasteiger partial charge in [-0.05, 0) is 48.5 Å². The van der Waals surface area contributed by atoms with E-state index in [1.165, 1.54) is 12.1 Å². The number of aromatic hydroxyl groups is 2. The van der Waals surface area contributed by atoms with E-state index in [0.29, 0.717) is 47.4 Å². The molecule has 0 atom stereocenters. The predicted molar refractivity (Wildman–Crippen MR) is 151 cm³/mol. The van der Waals surface area contributed by atoms with Gasteiger partial charge in [0.2, 0.25) is 0 Å². The molecule has 4 nitrogen and oxygen atoms in total. The number of anilines is 2. The Morgan fingerprint density at radius 2 is 0.889 bits per heavy atom. The number of rotatable bonds is 9. The number of hydrogen-bond donors (Lipinski definition) is 2. The summed E-state index contributed by atoms with van der Waals surface area (Å²) in [5.74, 6) is 0.0285. The van der Waals surface area contributed by atoms with Crippen LogP contribution in [0.5, 0.6) is 11.5 Å². The Labute approximate surface area is 230 Å². The van der Waals surface area contributed by atoms with Crippen LogP contribution in [-0.4, -0.2) is 23.3 Å². The molecule has 0 heterocycles. The average molecular weight is 562 g/mol. The van der Waals surface area contributed by atoms with Crippen molar-refractivity contribution in [2.24, 2.45) is 0 Å². The van der Waals surface area contributed by atoms with Crippen LogP contribution in [0.25, 0.3) is 0 Å². The summed E-state index contributed by atoms with van der Waals surface area (Å²) in [7, 11) is 0. The first-order chi connectivity index (χ1) is 17.3. The molecule has 0 fully saturated rings. The third kappa shape index (κ3) is 6.51. The molecule has 0 aliphatic carbocycles. The maximum Gasteiger partial charge on any atom is 0.139 e. The van der Waals surface area contributed by atoms with Crippen LogP contribution in [0.1, 0.15) is 11.1 Å². The molecule has 8 heteroatoms. The van der Waals surface area contributed by atoms with Gasteiger partial charge >= 0.3 is 0 Å². The summed E-state index contributed by atoms with van der Waals surface area (Å²) >= 11 is 24.8. The zero-order valence-electron chi connectivity index (χ0n) is 19.2. The van der Waals surface area contributed by atoms with Gasteiger partial charge in [-0.3, -0.25) is 0 Å². The van der Waals surface area contributed by atoms with Crippen LogP contribution in [0.3, 0.4) is 0 Å². The second-order valence-corrected chi connectivity index (χ2v) is 9.99. The molecule has 4 aromatic rings. The summed E-state index contributed by atoms with van der Waals surface area (Å²) in [5.41, 5.74) is 3.22. The monoisotopic (exact) mass is 560 g/mol. The van der Waals surface area contributed by atoms with Gasteiger partial charge in [-0.1, -0.05) is 82.8 Å². The van der Waals surface area contributed by atoms with Crippen molar-refractivity contribution in [3.8, 4) is 11.5 Å². The van der Waals surface area contributed by atoms with Crippen molar-refractivity contribution in [3.63, 3.8) is 0 Å². The van der Waals surface area contributed by atoms with Gasteiger partial charge in [-0.15, -0.1) is 0 Å². The molecular weight excluding hydrogens is 538 g/mol. The first-order valence-electron chi connectivity index (χ1n) is 11.3. The van der Waals surface area contributed by atoms with E-state index in [-0.39, 0.29) is 21.5 Å². The molecule has 0 aliphatic rings. The fourth-order valence-corrected chi connectivity index (χ4v) is 5.08. The Balaban J connectivity index is 1.64. The third-order valence-electron chi connectivity index (χ3n) is 5.82. The SMILES string of the molecule is Oc1c(Cl)cc(Cl)cc1CN(CCN(Cc1cc(Cl)cc(Cl)c1O)c1ccccc1)c1ccccc1. The van der Waals surface area contributed by atoms with Crippen molar-refractivity contribution in [2.45, 2.75) is 13.1 Å². The van der Waals surface area contributed by atoms with Crippen molar-refractivity contribution in [3.05, 3.63) is 116 Å². The Kier molecular flexibility index (Phi) is 8.76. The van der Waals surface area contributed by atoms with E-state index in [4.69, 9.17) is 46.4 Å². The van der Waals surface area contributed by atoms with E-state index in [1.807, 2.05) is 60.7 Å². The highest BCUT2D eigenvalue weighted by Gasteiger charge is 2.17. The Morgan fingerprint density at radius 3 is 1.25 bits per heavy atom. The van der Waals surface area contributed by atoms with E-state index in [9.17, 15) is 10.2 Å². The molecule has 186 valence electrons. The largest absolute Gasteiger partial charge is 0.506 e. The van der Waals surface area contributed by atoms with Gasteiger partial charge in [0.05, 0.1) is 10.0 Å². The molecule has 0 aromatic heterocycles. The predicted octanol–water partition coefficient (Wildman–Crippen LogP) is 8.42. The van der Waals surface area contributed by atoms with E-state index in [1.54, 1.807) is 12.1 Å². The van der Waals surface area contributed by atoms with E-state index >= 15 is 0 Å². The standard InChI is InChI=1S/C28H24Cl4N2O2/c29-21-13-19(27(35)25(31)15-21)17-33(23-7-3-1-4-8-23)11-12-34(24-9-5-2-6-10-24)18-20-14-22(30)16-26(32)28(20)36/h1-10,13-16,35-36H,11-12,17-18H2. The molecule has 0 saturated carbocycles. The average Bonchev–Trinajstić information content (AvgIpc) is 2.87. The Morgan fingerprint density at radius 1 is 0.528 bits per heavy atom.